The number of aromatic nitrogens is 1. The molecule has 1 aliphatic rings. The second kappa shape index (κ2) is 7.89. The highest BCUT2D eigenvalue weighted by molar-refractivity contribution is 5.85. The first-order chi connectivity index (χ1) is 12.1. The molecule has 2 aromatic rings. The molecule has 25 heavy (non-hydrogen) atoms. The summed E-state index contributed by atoms with van der Waals surface area (Å²) in [4.78, 5) is 17.2. The lowest BCUT2D eigenvalue weighted by Gasteiger charge is -2.32. The molecule has 1 fully saturated rings. The number of carbonyl (C=O) groups excluding carboxylic acids is 1. The van der Waals surface area contributed by atoms with Crippen molar-refractivity contribution in [2.75, 3.05) is 33.4 Å². The van der Waals surface area contributed by atoms with Gasteiger partial charge in [-0.25, -0.2) is 0 Å². The van der Waals surface area contributed by atoms with Crippen molar-refractivity contribution in [2.45, 2.75) is 25.9 Å². The van der Waals surface area contributed by atoms with E-state index in [0.717, 1.165) is 48.1 Å². The summed E-state index contributed by atoms with van der Waals surface area (Å²) < 4.78 is 10.4. The number of nitrogens with one attached hydrogen (secondary N) is 1. The Bertz CT molecular complexity index is 719. The summed E-state index contributed by atoms with van der Waals surface area (Å²) in [6.07, 6.45) is 2.85. The highest BCUT2D eigenvalue weighted by Gasteiger charge is 2.27. The molecule has 0 saturated carbocycles. The zero-order chi connectivity index (χ0) is 17.8. The summed E-state index contributed by atoms with van der Waals surface area (Å²) >= 11 is 0. The minimum atomic E-state index is -0.583. The number of β-amino-alcohol motifs (C(OH)–C–C–N with tert-alkyl or cyclic N) is 1. The Morgan fingerprint density at radius 1 is 1.40 bits per heavy atom. The predicted octanol–water partition coefficient (Wildman–Crippen LogP) is 2.49. The summed E-state index contributed by atoms with van der Waals surface area (Å²) in [5.41, 5.74) is 1.86. The second-order valence-corrected chi connectivity index (χ2v) is 6.50. The van der Waals surface area contributed by atoms with Gasteiger partial charge >= 0.3 is 5.97 Å². The van der Waals surface area contributed by atoms with Crippen LogP contribution in [0, 0.1) is 5.92 Å². The Morgan fingerprint density at radius 2 is 2.16 bits per heavy atom. The van der Waals surface area contributed by atoms with Gasteiger partial charge in [0.2, 0.25) is 0 Å². The Labute approximate surface area is 147 Å². The molecule has 2 N–H and O–H groups in total. The van der Waals surface area contributed by atoms with Gasteiger partial charge < -0.3 is 24.5 Å². The Hall–Kier alpha value is -2.05. The van der Waals surface area contributed by atoms with Gasteiger partial charge in [-0.15, -0.1) is 0 Å². The molecule has 1 unspecified atom stereocenters. The zero-order valence-corrected chi connectivity index (χ0v) is 14.8. The van der Waals surface area contributed by atoms with Crippen LogP contribution in [0.4, 0.5) is 0 Å². The van der Waals surface area contributed by atoms with Gasteiger partial charge in [0.05, 0.1) is 25.7 Å². The molecule has 1 aromatic heterocycles. The summed E-state index contributed by atoms with van der Waals surface area (Å²) in [6.45, 7) is 4.42. The molecule has 1 aliphatic heterocycles. The predicted molar refractivity (Wildman–Crippen MR) is 95.6 cm³/mol. The monoisotopic (exact) mass is 346 g/mol. The van der Waals surface area contributed by atoms with Gasteiger partial charge in [-0.3, -0.25) is 4.79 Å². The van der Waals surface area contributed by atoms with Crippen molar-refractivity contribution in [3.05, 3.63) is 30.0 Å². The molecule has 2 heterocycles. The Kier molecular flexibility index (Phi) is 5.60. The van der Waals surface area contributed by atoms with Gasteiger partial charge in [-0.05, 0) is 51.1 Å². The third-order valence-corrected chi connectivity index (χ3v) is 4.92. The average molecular weight is 346 g/mol. The van der Waals surface area contributed by atoms with Crippen LogP contribution in [0.25, 0.3) is 10.9 Å². The van der Waals surface area contributed by atoms with Crippen molar-refractivity contribution in [1.29, 1.82) is 0 Å². The van der Waals surface area contributed by atoms with E-state index in [-0.39, 0.29) is 11.9 Å². The van der Waals surface area contributed by atoms with E-state index in [4.69, 9.17) is 9.47 Å². The van der Waals surface area contributed by atoms with Crippen molar-refractivity contribution >= 4 is 16.9 Å². The normalized spacial score (nSPS) is 17.6. The lowest BCUT2D eigenvalue weighted by molar-refractivity contribution is -0.149. The average Bonchev–Trinajstić information content (AvgIpc) is 3.05. The number of rotatable bonds is 6. The van der Waals surface area contributed by atoms with E-state index < -0.39 is 6.10 Å². The zero-order valence-electron chi connectivity index (χ0n) is 14.8. The number of ether oxygens (including phenoxy) is 2. The fourth-order valence-electron chi connectivity index (χ4n) is 3.48. The summed E-state index contributed by atoms with van der Waals surface area (Å²) in [6, 6.07) is 5.79. The van der Waals surface area contributed by atoms with E-state index in [1.54, 1.807) is 7.11 Å². The summed E-state index contributed by atoms with van der Waals surface area (Å²) in [5, 5.41) is 11.7. The maximum Gasteiger partial charge on any atom is 0.309 e. The van der Waals surface area contributed by atoms with Gasteiger partial charge in [-0.2, -0.15) is 0 Å². The number of esters is 1. The first-order valence-corrected chi connectivity index (χ1v) is 8.84. The van der Waals surface area contributed by atoms with Crippen molar-refractivity contribution in [2.24, 2.45) is 5.92 Å². The van der Waals surface area contributed by atoms with Gasteiger partial charge in [0.25, 0.3) is 0 Å². The van der Waals surface area contributed by atoms with Gasteiger partial charge in [0, 0.05) is 29.2 Å². The maximum absolute atomic E-state index is 11.8. The molecule has 0 aliphatic carbocycles. The molecular formula is C19H26N2O4. The lowest BCUT2D eigenvalue weighted by Crippen LogP contribution is -2.39. The van der Waals surface area contributed by atoms with Crippen LogP contribution in [0.3, 0.4) is 0 Å². The number of aliphatic hydroxyl groups excluding tert-OH is 1. The van der Waals surface area contributed by atoms with Gasteiger partial charge in [0.1, 0.15) is 5.75 Å². The maximum atomic E-state index is 11.8. The number of hydrogen-bond acceptors (Lipinski definition) is 5. The second-order valence-electron chi connectivity index (χ2n) is 6.50. The van der Waals surface area contributed by atoms with E-state index in [2.05, 4.69) is 9.88 Å². The van der Waals surface area contributed by atoms with Crippen LogP contribution in [0.1, 0.15) is 31.4 Å². The number of aliphatic hydroxyl groups is 1. The first-order valence-electron chi connectivity index (χ1n) is 8.84. The highest BCUT2D eigenvalue weighted by Crippen LogP contribution is 2.29. The number of likely N-dealkylation sites (tertiary alicyclic amines) is 1. The Balaban J connectivity index is 1.62. The van der Waals surface area contributed by atoms with Crippen molar-refractivity contribution in [3.63, 3.8) is 0 Å². The lowest BCUT2D eigenvalue weighted by atomic mass is 9.96. The topological polar surface area (TPSA) is 74.8 Å². The molecular weight excluding hydrogens is 320 g/mol. The molecule has 6 nitrogen and oxygen atoms in total. The van der Waals surface area contributed by atoms with E-state index >= 15 is 0 Å². The molecule has 136 valence electrons. The molecule has 6 heteroatoms. The van der Waals surface area contributed by atoms with E-state index in [1.807, 2.05) is 31.3 Å². The van der Waals surface area contributed by atoms with E-state index in [9.17, 15) is 9.90 Å². The number of hydrogen-bond donors (Lipinski definition) is 2. The summed E-state index contributed by atoms with van der Waals surface area (Å²) in [5.74, 6) is 0.674. The largest absolute Gasteiger partial charge is 0.497 e. The number of H-pyrrole nitrogens is 1. The number of carbonyl (C=O) groups is 1. The quantitative estimate of drug-likeness (QED) is 0.786. The smallest absolute Gasteiger partial charge is 0.309 e. The first kappa shape index (κ1) is 17.8. The van der Waals surface area contributed by atoms with Crippen LogP contribution in [-0.4, -0.2) is 54.3 Å². The van der Waals surface area contributed by atoms with Crippen LogP contribution in [0.5, 0.6) is 5.75 Å². The standard InChI is InChI=1S/C19H26N2O4/c1-3-25-19(23)13-6-8-21(9-7-13)12-18(22)16-11-20-17-5-4-14(24-2)10-15(16)17/h4-5,10-11,13,18,20,22H,3,6-9,12H2,1-2H3. The van der Waals surface area contributed by atoms with Crippen LogP contribution >= 0.6 is 0 Å². The number of piperidine rings is 1. The SMILES string of the molecule is CCOC(=O)C1CCN(CC(O)c2c[nH]c3ccc(OC)cc23)CC1. The molecule has 0 radical (unpaired) electrons. The van der Waals surface area contributed by atoms with E-state index in [0.29, 0.717) is 13.2 Å². The van der Waals surface area contributed by atoms with Crippen molar-refractivity contribution in [1.82, 2.24) is 9.88 Å². The molecule has 1 aromatic carbocycles. The molecule has 1 saturated heterocycles. The fourth-order valence-corrected chi connectivity index (χ4v) is 3.48. The highest BCUT2D eigenvalue weighted by atomic mass is 16.5. The minimum absolute atomic E-state index is 0.00862. The van der Waals surface area contributed by atoms with Gasteiger partial charge in [0.15, 0.2) is 0 Å². The Morgan fingerprint density at radius 3 is 2.84 bits per heavy atom. The van der Waals surface area contributed by atoms with Crippen molar-refractivity contribution in [3.8, 4) is 5.75 Å². The molecule has 0 spiro atoms. The molecule has 3 rings (SSSR count). The number of methoxy groups -OCH3 is 1. The molecule has 0 bridgehead atoms. The number of aromatic amines is 1. The van der Waals surface area contributed by atoms with Crippen molar-refractivity contribution < 1.29 is 19.4 Å². The number of nitrogens with zero attached hydrogens (tertiary/aromatic N) is 1. The van der Waals surface area contributed by atoms with E-state index in [1.165, 1.54) is 0 Å². The fraction of sp³-hybridized carbons (Fsp3) is 0.526. The van der Waals surface area contributed by atoms with Crippen LogP contribution < -0.4 is 4.74 Å². The number of fused-ring (bicyclic) bond motifs is 1. The summed E-state index contributed by atoms with van der Waals surface area (Å²) in [7, 11) is 1.64. The third-order valence-electron chi connectivity index (χ3n) is 4.92. The molecule has 0 amide bonds. The van der Waals surface area contributed by atoms with Gasteiger partial charge in [-0.1, -0.05) is 0 Å². The minimum Gasteiger partial charge on any atom is -0.497 e. The molecule has 1 atom stereocenters. The van der Waals surface area contributed by atoms with Crippen LogP contribution in [0.2, 0.25) is 0 Å². The van der Waals surface area contributed by atoms with Crippen LogP contribution in [0.15, 0.2) is 24.4 Å². The van der Waals surface area contributed by atoms with Crippen LogP contribution in [-0.2, 0) is 9.53 Å². The third kappa shape index (κ3) is 3.96. The number of benzene rings is 1.